The molecule has 1 saturated heterocycles. The Labute approximate surface area is 155 Å². The molecule has 1 aromatic heterocycles. The number of rotatable bonds is 12. The summed E-state index contributed by atoms with van der Waals surface area (Å²) < 4.78 is 16.4. The van der Waals surface area contributed by atoms with Gasteiger partial charge >= 0.3 is 6.01 Å². The number of hydrogen-bond donors (Lipinski definition) is 2. The van der Waals surface area contributed by atoms with E-state index < -0.39 is 0 Å². The van der Waals surface area contributed by atoms with Crippen molar-refractivity contribution in [1.82, 2.24) is 15.0 Å². The summed E-state index contributed by atoms with van der Waals surface area (Å²) in [6.07, 6.45) is 3.59. The monoisotopic (exact) mass is 368 g/mol. The molecule has 0 unspecified atom stereocenters. The van der Waals surface area contributed by atoms with E-state index in [9.17, 15) is 0 Å². The van der Waals surface area contributed by atoms with Gasteiger partial charge in [0.05, 0.1) is 32.5 Å². The maximum absolute atomic E-state index is 5.68. The Balaban J connectivity index is 1.85. The molecule has 9 nitrogen and oxygen atoms in total. The Hall–Kier alpha value is -1.71. The fraction of sp³-hybridized carbons (Fsp3) is 0.824. The molecule has 9 heteroatoms. The molecule has 1 fully saturated rings. The van der Waals surface area contributed by atoms with Gasteiger partial charge in [-0.25, -0.2) is 0 Å². The van der Waals surface area contributed by atoms with Crippen LogP contribution >= 0.6 is 0 Å². The molecule has 148 valence electrons. The van der Waals surface area contributed by atoms with Crippen molar-refractivity contribution in [2.75, 3.05) is 62.8 Å². The Kier molecular flexibility index (Phi) is 9.36. The number of nitrogens with two attached hydrogens (primary N) is 1. The van der Waals surface area contributed by atoms with Crippen LogP contribution in [0.15, 0.2) is 0 Å². The van der Waals surface area contributed by atoms with Crippen molar-refractivity contribution in [3.63, 3.8) is 0 Å². The van der Waals surface area contributed by atoms with Gasteiger partial charge in [0, 0.05) is 26.2 Å². The number of anilines is 2. The fourth-order valence-electron chi connectivity index (χ4n) is 2.56. The summed E-state index contributed by atoms with van der Waals surface area (Å²) in [6.45, 7) is 9.17. The van der Waals surface area contributed by atoms with Gasteiger partial charge < -0.3 is 30.2 Å². The van der Waals surface area contributed by atoms with E-state index in [1.54, 1.807) is 0 Å². The molecule has 2 rings (SSSR count). The minimum Gasteiger partial charge on any atom is -0.461 e. The van der Waals surface area contributed by atoms with Gasteiger partial charge in [0.15, 0.2) is 0 Å². The number of nitrogens with zero attached hydrogens (tertiary/aromatic N) is 4. The van der Waals surface area contributed by atoms with Crippen LogP contribution < -0.4 is 20.7 Å². The van der Waals surface area contributed by atoms with Crippen LogP contribution in [0.25, 0.3) is 0 Å². The molecule has 0 atom stereocenters. The Morgan fingerprint density at radius 3 is 2.42 bits per heavy atom. The number of piperidine rings is 1. The molecule has 1 aliphatic heterocycles. The van der Waals surface area contributed by atoms with E-state index in [0.717, 1.165) is 25.9 Å². The van der Waals surface area contributed by atoms with Crippen LogP contribution in [0, 0.1) is 0 Å². The summed E-state index contributed by atoms with van der Waals surface area (Å²) in [4.78, 5) is 15.5. The lowest BCUT2D eigenvalue weighted by molar-refractivity contribution is 0.0547. The van der Waals surface area contributed by atoms with E-state index in [1.165, 1.54) is 6.42 Å². The van der Waals surface area contributed by atoms with E-state index in [1.807, 2.05) is 13.8 Å². The zero-order chi connectivity index (χ0) is 18.6. The highest BCUT2D eigenvalue weighted by Crippen LogP contribution is 2.19. The quantitative estimate of drug-likeness (QED) is 0.523. The highest BCUT2D eigenvalue weighted by molar-refractivity contribution is 5.38. The Bertz CT molecular complexity index is 511. The number of ether oxygens (including phenoxy) is 3. The van der Waals surface area contributed by atoms with Gasteiger partial charge in [-0.1, -0.05) is 0 Å². The summed E-state index contributed by atoms with van der Waals surface area (Å²) in [6, 6.07) is 0.356. The Morgan fingerprint density at radius 1 is 1.00 bits per heavy atom. The fourth-order valence-corrected chi connectivity index (χ4v) is 2.56. The first-order valence-corrected chi connectivity index (χ1v) is 9.46. The van der Waals surface area contributed by atoms with Crippen LogP contribution in [0.2, 0.25) is 0 Å². The third-order valence-electron chi connectivity index (χ3n) is 3.75. The molecule has 0 saturated carbocycles. The van der Waals surface area contributed by atoms with Crippen LogP contribution in [0.5, 0.6) is 6.01 Å². The molecule has 1 aliphatic rings. The predicted octanol–water partition coefficient (Wildman–Crippen LogP) is 1.05. The number of hydrogen-bond acceptors (Lipinski definition) is 9. The molecule has 1 aromatic rings. The summed E-state index contributed by atoms with van der Waals surface area (Å²) in [5, 5.41) is 3.19. The van der Waals surface area contributed by atoms with Gasteiger partial charge in [-0.3, -0.25) is 0 Å². The first-order chi connectivity index (χ1) is 12.7. The van der Waals surface area contributed by atoms with Gasteiger partial charge in [-0.05, 0) is 33.1 Å². The maximum atomic E-state index is 5.68. The SMILES string of the molecule is CC(C)Oc1nc(NCCOCCOCCN)nc(N2CCCCC2)n1. The van der Waals surface area contributed by atoms with Crippen LogP contribution in [-0.2, 0) is 9.47 Å². The van der Waals surface area contributed by atoms with Crippen molar-refractivity contribution in [2.24, 2.45) is 5.73 Å². The lowest BCUT2D eigenvalue weighted by Gasteiger charge is -2.27. The minimum absolute atomic E-state index is 0.0105. The highest BCUT2D eigenvalue weighted by Gasteiger charge is 2.17. The molecular weight excluding hydrogens is 336 g/mol. The molecule has 2 heterocycles. The first-order valence-electron chi connectivity index (χ1n) is 9.46. The average molecular weight is 368 g/mol. The van der Waals surface area contributed by atoms with Gasteiger partial charge in [-0.2, -0.15) is 15.0 Å². The van der Waals surface area contributed by atoms with Crippen molar-refractivity contribution in [3.8, 4) is 6.01 Å². The smallest absolute Gasteiger partial charge is 0.323 e. The molecule has 0 radical (unpaired) electrons. The molecule has 0 aliphatic carbocycles. The zero-order valence-corrected chi connectivity index (χ0v) is 15.9. The standard InChI is InChI=1S/C17H32N6O3/c1-14(2)26-17-21-15(19-7-11-25-13-12-24-10-6-18)20-16(22-17)23-8-4-3-5-9-23/h14H,3-13,18H2,1-2H3,(H,19,20,21,22). The van der Waals surface area contributed by atoms with Crippen LogP contribution in [0.4, 0.5) is 11.9 Å². The summed E-state index contributed by atoms with van der Waals surface area (Å²) in [5.41, 5.74) is 5.36. The van der Waals surface area contributed by atoms with Gasteiger partial charge in [0.2, 0.25) is 11.9 Å². The van der Waals surface area contributed by atoms with Crippen molar-refractivity contribution >= 4 is 11.9 Å². The molecular formula is C17H32N6O3. The minimum atomic E-state index is 0.0105. The molecule has 0 aromatic carbocycles. The third-order valence-corrected chi connectivity index (χ3v) is 3.75. The second kappa shape index (κ2) is 11.8. The van der Waals surface area contributed by atoms with E-state index in [4.69, 9.17) is 19.9 Å². The molecule has 0 spiro atoms. The maximum Gasteiger partial charge on any atom is 0.323 e. The first kappa shape index (κ1) is 20.6. The molecule has 26 heavy (non-hydrogen) atoms. The largest absolute Gasteiger partial charge is 0.461 e. The van der Waals surface area contributed by atoms with Crippen LogP contribution in [-0.4, -0.2) is 73.7 Å². The highest BCUT2D eigenvalue weighted by atomic mass is 16.5. The Morgan fingerprint density at radius 2 is 1.73 bits per heavy atom. The van der Waals surface area contributed by atoms with Crippen molar-refractivity contribution < 1.29 is 14.2 Å². The third kappa shape index (κ3) is 7.67. The lowest BCUT2D eigenvalue weighted by Crippen LogP contribution is -2.31. The normalized spacial score (nSPS) is 14.7. The van der Waals surface area contributed by atoms with E-state index in [0.29, 0.717) is 57.4 Å². The summed E-state index contributed by atoms with van der Waals surface area (Å²) in [7, 11) is 0. The molecule has 0 amide bonds. The van der Waals surface area contributed by atoms with Crippen LogP contribution in [0.1, 0.15) is 33.1 Å². The summed E-state index contributed by atoms with van der Waals surface area (Å²) in [5.74, 6) is 1.19. The van der Waals surface area contributed by atoms with Crippen molar-refractivity contribution in [2.45, 2.75) is 39.2 Å². The second-order valence-electron chi connectivity index (χ2n) is 6.40. The van der Waals surface area contributed by atoms with Gasteiger partial charge in [-0.15, -0.1) is 0 Å². The van der Waals surface area contributed by atoms with Gasteiger partial charge in [0.25, 0.3) is 0 Å². The molecule has 3 N–H and O–H groups in total. The van der Waals surface area contributed by atoms with E-state index >= 15 is 0 Å². The molecule has 0 bridgehead atoms. The number of aromatic nitrogens is 3. The predicted molar refractivity (Wildman–Crippen MR) is 101 cm³/mol. The van der Waals surface area contributed by atoms with E-state index in [-0.39, 0.29) is 6.10 Å². The van der Waals surface area contributed by atoms with E-state index in [2.05, 4.69) is 25.2 Å². The van der Waals surface area contributed by atoms with Crippen molar-refractivity contribution in [1.29, 1.82) is 0 Å². The van der Waals surface area contributed by atoms with Crippen molar-refractivity contribution in [3.05, 3.63) is 0 Å². The number of nitrogens with one attached hydrogen (secondary N) is 1. The lowest BCUT2D eigenvalue weighted by atomic mass is 10.1. The van der Waals surface area contributed by atoms with Crippen LogP contribution in [0.3, 0.4) is 0 Å². The second-order valence-corrected chi connectivity index (χ2v) is 6.40. The summed E-state index contributed by atoms with van der Waals surface area (Å²) >= 11 is 0. The average Bonchev–Trinajstić information content (AvgIpc) is 2.64. The topological polar surface area (TPSA) is 108 Å². The van der Waals surface area contributed by atoms with Gasteiger partial charge in [0.1, 0.15) is 0 Å². The zero-order valence-electron chi connectivity index (χ0n) is 15.9.